The molecule has 1 aromatic rings. The van der Waals surface area contributed by atoms with E-state index in [2.05, 4.69) is 22.2 Å². The van der Waals surface area contributed by atoms with Crippen molar-refractivity contribution in [3.63, 3.8) is 0 Å². The van der Waals surface area contributed by atoms with E-state index < -0.39 is 5.97 Å². The molecule has 0 aromatic carbocycles. The lowest BCUT2D eigenvalue weighted by Gasteiger charge is -2.03. The number of nitrogen functional groups attached to an aromatic ring is 1. The molecule has 0 aliphatic rings. The molecular formula is C5H4N3O2S-. The molecule has 0 unspecified atom stereocenters. The summed E-state index contributed by atoms with van der Waals surface area (Å²) in [7, 11) is 0. The molecule has 11 heavy (non-hydrogen) atoms. The Hall–Kier alpha value is -1.43. The molecule has 0 saturated heterocycles. The van der Waals surface area contributed by atoms with E-state index in [-0.39, 0.29) is 16.2 Å². The Kier molecular flexibility index (Phi) is 1.86. The number of carbonyl (C=O) groups is 1. The number of nitrogens with two attached hydrogens (primary N) is 1. The van der Waals surface area contributed by atoms with Gasteiger partial charge in [-0.25, -0.2) is 4.98 Å². The monoisotopic (exact) mass is 170 g/mol. The van der Waals surface area contributed by atoms with Gasteiger partial charge in [0.1, 0.15) is 5.82 Å². The molecule has 3 N–H and O–H groups in total. The number of nitrogens with zero attached hydrogens (tertiary/aromatic N) is 1. The van der Waals surface area contributed by atoms with Gasteiger partial charge in [0.05, 0.1) is 11.5 Å². The standard InChI is InChI=1S/C5H5N3O2S/c6-3-2(4(9)10)1-7-5(11)8-3/h1H,(H,9,10)(H3,6,7,8,11)/p-1. The van der Waals surface area contributed by atoms with Crippen molar-refractivity contribution < 1.29 is 9.90 Å². The van der Waals surface area contributed by atoms with Gasteiger partial charge in [0.15, 0.2) is 4.77 Å². The Morgan fingerprint density at radius 2 is 2.45 bits per heavy atom. The highest BCUT2D eigenvalue weighted by atomic mass is 32.1. The highest BCUT2D eigenvalue weighted by molar-refractivity contribution is 7.71. The van der Waals surface area contributed by atoms with Crippen LogP contribution in [0.3, 0.4) is 0 Å². The Bertz CT molecular complexity index is 346. The largest absolute Gasteiger partial charge is 0.545 e. The predicted molar refractivity (Wildman–Crippen MR) is 38.2 cm³/mol. The van der Waals surface area contributed by atoms with Crippen LogP contribution in [0.1, 0.15) is 10.4 Å². The number of nitrogens with one attached hydrogen (secondary N) is 1. The third-order valence-electron chi connectivity index (χ3n) is 1.06. The van der Waals surface area contributed by atoms with Crippen LogP contribution in [0.25, 0.3) is 0 Å². The highest BCUT2D eigenvalue weighted by Crippen LogP contribution is 2.02. The molecule has 0 fully saturated rings. The zero-order valence-corrected chi connectivity index (χ0v) is 6.14. The second-order valence-corrected chi connectivity index (χ2v) is 2.19. The van der Waals surface area contributed by atoms with E-state index in [1.54, 1.807) is 0 Å². The number of carboxylic acid groups (broad SMARTS) is 1. The maximum absolute atomic E-state index is 10.2. The van der Waals surface area contributed by atoms with Crippen LogP contribution in [0, 0.1) is 4.77 Å². The minimum absolute atomic E-state index is 0.0370. The van der Waals surface area contributed by atoms with Gasteiger partial charge >= 0.3 is 0 Å². The van der Waals surface area contributed by atoms with E-state index in [1.165, 1.54) is 0 Å². The summed E-state index contributed by atoms with van der Waals surface area (Å²) >= 11 is 4.59. The van der Waals surface area contributed by atoms with Crippen LogP contribution in [0.2, 0.25) is 0 Å². The summed E-state index contributed by atoms with van der Waals surface area (Å²) in [5, 5.41) is 10.2. The maximum atomic E-state index is 10.2. The van der Waals surface area contributed by atoms with Gasteiger partial charge in [-0.1, -0.05) is 0 Å². The van der Waals surface area contributed by atoms with Crippen molar-refractivity contribution in [3.8, 4) is 0 Å². The lowest BCUT2D eigenvalue weighted by Crippen LogP contribution is -2.24. The van der Waals surface area contributed by atoms with Gasteiger partial charge in [-0.15, -0.1) is 0 Å². The van der Waals surface area contributed by atoms with Gasteiger partial charge in [-0.05, 0) is 12.2 Å². The molecule has 0 saturated carbocycles. The molecule has 0 amide bonds. The van der Waals surface area contributed by atoms with Crippen molar-refractivity contribution in [3.05, 3.63) is 16.5 Å². The van der Waals surface area contributed by atoms with E-state index >= 15 is 0 Å². The first-order valence-electron chi connectivity index (χ1n) is 2.67. The fraction of sp³-hybridized carbons (Fsp3) is 0. The first kappa shape index (κ1) is 7.67. The quantitative estimate of drug-likeness (QED) is 0.532. The predicted octanol–water partition coefficient (Wildman–Crippen LogP) is -0.915. The second-order valence-electron chi connectivity index (χ2n) is 1.80. The average molecular weight is 170 g/mol. The Morgan fingerprint density at radius 3 is 2.91 bits per heavy atom. The van der Waals surface area contributed by atoms with Crippen molar-refractivity contribution in [2.75, 3.05) is 5.73 Å². The zero-order valence-electron chi connectivity index (χ0n) is 5.33. The van der Waals surface area contributed by atoms with Crippen molar-refractivity contribution in [1.82, 2.24) is 9.97 Å². The highest BCUT2D eigenvalue weighted by Gasteiger charge is 1.98. The zero-order chi connectivity index (χ0) is 8.43. The van der Waals surface area contributed by atoms with Crippen molar-refractivity contribution in [2.45, 2.75) is 0 Å². The Labute approximate surface area is 66.9 Å². The fourth-order valence-electron chi connectivity index (χ4n) is 0.570. The summed E-state index contributed by atoms with van der Waals surface area (Å²) < 4.78 is 0.146. The number of hydrogen-bond donors (Lipinski definition) is 2. The first-order chi connectivity index (χ1) is 5.11. The minimum Gasteiger partial charge on any atom is -0.545 e. The molecule has 1 aromatic heterocycles. The lowest BCUT2D eigenvalue weighted by atomic mass is 10.3. The van der Waals surface area contributed by atoms with Crippen LogP contribution in [0.5, 0.6) is 0 Å². The molecule has 0 aliphatic carbocycles. The molecule has 0 bridgehead atoms. The smallest absolute Gasteiger partial charge is 0.198 e. The van der Waals surface area contributed by atoms with Crippen molar-refractivity contribution in [1.29, 1.82) is 0 Å². The number of rotatable bonds is 1. The van der Waals surface area contributed by atoms with Crippen molar-refractivity contribution >= 4 is 24.0 Å². The summed E-state index contributed by atoms with van der Waals surface area (Å²) in [4.78, 5) is 16.1. The van der Waals surface area contributed by atoms with E-state index in [0.29, 0.717) is 0 Å². The van der Waals surface area contributed by atoms with Gasteiger partial charge in [0, 0.05) is 6.20 Å². The number of carboxylic acids is 1. The van der Waals surface area contributed by atoms with E-state index in [1.807, 2.05) is 0 Å². The average Bonchev–Trinajstić information content (AvgIpc) is 1.85. The van der Waals surface area contributed by atoms with E-state index in [4.69, 9.17) is 5.73 Å². The molecule has 0 radical (unpaired) electrons. The SMILES string of the molecule is Nc1[nH]c(=S)ncc1C(=O)[O-]. The maximum Gasteiger partial charge on any atom is 0.198 e. The van der Waals surface area contributed by atoms with Gasteiger partial charge < -0.3 is 20.6 Å². The molecule has 0 spiro atoms. The van der Waals surface area contributed by atoms with Crippen LogP contribution < -0.4 is 10.8 Å². The van der Waals surface area contributed by atoms with Crippen molar-refractivity contribution in [2.24, 2.45) is 0 Å². The molecule has 0 atom stereocenters. The summed E-state index contributed by atoms with van der Waals surface area (Å²) in [6.07, 6.45) is 1.06. The molecule has 1 heterocycles. The molecule has 58 valence electrons. The number of aromatic nitrogens is 2. The molecule has 1 rings (SSSR count). The van der Waals surface area contributed by atoms with Gasteiger partial charge in [-0.3, -0.25) is 0 Å². The number of aromatic carboxylic acids is 1. The van der Waals surface area contributed by atoms with Crippen LogP contribution in [-0.2, 0) is 0 Å². The van der Waals surface area contributed by atoms with E-state index in [9.17, 15) is 9.90 Å². The summed E-state index contributed by atoms with van der Waals surface area (Å²) in [5.74, 6) is -1.41. The Balaban J connectivity index is 3.31. The summed E-state index contributed by atoms with van der Waals surface area (Å²) in [6.45, 7) is 0. The van der Waals surface area contributed by atoms with E-state index in [0.717, 1.165) is 6.20 Å². The Morgan fingerprint density at radius 1 is 1.82 bits per heavy atom. The molecule has 5 nitrogen and oxygen atoms in total. The topological polar surface area (TPSA) is 94.8 Å². The first-order valence-corrected chi connectivity index (χ1v) is 3.08. The third-order valence-corrected chi connectivity index (χ3v) is 1.27. The normalized spacial score (nSPS) is 9.45. The van der Waals surface area contributed by atoms with Gasteiger partial charge in [-0.2, -0.15) is 0 Å². The van der Waals surface area contributed by atoms with Crippen LogP contribution in [0.15, 0.2) is 6.20 Å². The number of hydrogen-bond acceptors (Lipinski definition) is 5. The van der Waals surface area contributed by atoms with Gasteiger partial charge in [0.25, 0.3) is 0 Å². The number of aromatic amines is 1. The van der Waals surface area contributed by atoms with Crippen LogP contribution in [0.4, 0.5) is 5.82 Å². The molecule has 0 aliphatic heterocycles. The number of anilines is 1. The van der Waals surface area contributed by atoms with Crippen LogP contribution in [-0.4, -0.2) is 15.9 Å². The minimum atomic E-state index is -1.37. The molecular weight excluding hydrogens is 166 g/mol. The molecule has 6 heteroatoms. The fourth-order valence-corrected chi connectivity index (χ4v) is 0.733. The second kappa shape index (κ2) is 2.67. The number of H-pyrrole nitrogens is 1. The lowest BCUT2D eigenvalue weighted by molar-refractivity contribution is -0.254. The third kappa shape index (κ3) is 1.53. The van der Waals surface area contributed by atoms with Crippen LogP contribution >= 0.6 is 12.2 Å². The summed E-state index contributed by atoms with van der Waals surface area (Å²) in [5.41, 5.74) is 5.06. The number of carbonyl (C=O) groups excluding carboxylic acids is 1. The van der Waals surface area contributed by atoms with Gasteiger partial charge in [0.2, 0.25) is 0 Å². The summed E-state index contributed by atoms with van der Waals surface area (Å²) in [6, 6.07) is 0.